The summed E-state index contributed by atoms with van der Waals surface area (Å²) in [4.78, 5) is 41.9. The van der Waals surface area contributed by atoms with Gasteiger partial charge in [0.2, 0.25) is 17.7 Å². The SMILES string of the molecule is C[C@@H]1CNC[C@H](C)N1CC(=O)Nc1ccc(C2CCC(=O)NC2=O)nc1.Cl. The van der Waals surface area contributed by atoms with Gasteiger partial charge in [0.25, 0.3) is 0 Å². The van der Waals surface area contributed by atoms with Crippen molar-refractivity contribution in [3.05, 3.63) is 24.0 Å². The lowest BCUT2D eigenvalue weighted by Crippen LogP contribution is -2.56. The van der Waals surface area contributed by atoms with Gasteiger partial charge in [0, 0.05) is 31.6 Å². The number of imide groups is 1. The van der Waals surface area contributed by atoms with Crippen LogP contribution in [0.2, 0.25) is 0 Å². The second-order valence-corrected chi connectivity index (χ2v) is 7.05. The molecule has 1 aromatic rings. The van der Waals surface area contributed by atoms with Gasteiger partial charge in [0.15, 0.2) is 0 Å². The highest BCUT2D eigenvalue weighted by atomic mass is 35.5. The zero-order chi connectivity index (χ0) is 18.7. The van der Waals surface area contributed by atoms with Crippen molar-refractivity contribution in [3.8, 4) is 0 Å². The molecule has 3 rings (SSSR count). The van der Waals surface area contributed by atoms with Crippen molar-refractivity contribution in [2.75, 3.05) is 25.0 Å². The summed E-state index contributed by atoms with van der Waals surface area (Å²) in [5, 5.41) is 8.53. The fourth-order valence-corrected chi connectivity index (χ4v) is 3.51. The predicted molar refractivity (Wildman–Crippen MR) is 104 cm³/mol. The van der Waals surface area contributed by atoms with Gasteiger partial charge in [0.05, 0.1) is 30.0 Å². The Morgan fingerprint density at radius 2 is 1.96 bits per heavy atom. The molecule has 3 heterocycles. The minimum absolute atomic E-state index is 0. The lowest BCUT2D eigenvalue weighted by atomic mass is 9.94. The minimum Gasteiger partial charge on any atom is -0.324 e. The molecular weight excluding hydrogens is 370 g/mol. The van der Waals surface area contributed by atoms with Crippen molar-refractivity contribution in [1.29, 1.82) is 0 Å². The van der Waals surface area contributed by atoms with Crippen LogP contribution in [0.5, 0.6) is 0 Å². The van der Waals surface area contributed by atoms with Crippen molar-refractivity contribution < 1.29 is 14.4 Å². The van der Waals surface area contributed by atoms with Gasteiger partial charge in [-0.15, -0.1) is 12.4 Å². The average Bonchev–Trinajstić information content (AvgIpc) is 2.59. The van der Waals surface area contributed by atoms with E-state index in [1.54, 1.807) is 18.3 Å². The Morgan fingerprint density at radius 3 is 2.56 bits per heavy atom. The fraction of sp³-hybridized carbons (Fsp3) is 0.556. The third kappa shape index (κ3) is 5.24. The highest BCUT2D eigenvalue weighted by molar-refractivity contribution is 6.00. The molecule has 9 heteroatoms. The van der Waals surface area contributed by atoms with E-state index in [0.717, 1.165) is 13.1 Å². The van der Waals surface area contributed by atoms with Crippen LogP contribution in [0.3, 0.4) is 0 Å². The van der Waals surface area contributed by atoms with E-state index in [1.165, 1.54) is 0 Å². The zero-order valence-electron chi connectivity index (χ0n) is 15.5. The van der Waals surface area contributed by atoms with Crippen molar-refractivity contribution in [3.63, 3.8) is 0 Å². The Morgan fingerprint density at radius 1 is 1.26 bits per heavy atom. The number of anilines is 1. The van der Waals surface area contributed by atoms with Crippen molar-refractivity contribution in [1.82, 2.24) is 20.5 Å². The van der Waals surface area contributed by atoms with Gasteiger partial charge in [-0.25, -0.2) is 0 Å². The first-order valence-electron chi connectivity index (χ1n) is 9.00. The summed E-state index contributed by atoms with van der Waals surface area (Å²) in [6, 6.07) is 4.08. The van der Waals surface area contributed by atoms with Gasteiger partial charge in [-0.1, -0.05) is 0 Å². The summed E-state index contributed by atoms with van der Waals surface area (Å²) in [6.45, 7) is 6.29. The number of rotatable bonds is 4. The summed E-state index contributed by atoms with van der Waals surface area (Å²) < 4.78 is 0. The van der Waals surface area contributed by atoms with Crippen LogP contribution in [0.1, 0.15) is 38.3 Å². The van der Waals surface area contributed by atoms with Crippen LogP contribution in [0.4, 0.5) is 5.69 Å². The maximum absolute atomic E-state index is 12.3. The van der Waals surface area contributed by atoms with Crippen LogP contribution in [0, 0.1) is 0 Å². The number of hydrogen-bond acceptors (Lipinski definition) is 6. The van der Waals surface area contributed by atoms with Crippen molar-refractivity contribution in [2.24, 2.45) is 0 Å². The van der Waals surface area contributed by atoms with Crippen LogP contribution in [0.25, 0.3) is 0 Å². The second kappa shape index (κ2) is 9.25. The largest absolute Gasteiger partial charge is 0.324 e. The molecule has 8 nitrogen and oxygen atoms in total. The molecule has 2 aliphatic rings. The third-order valence-corrected chi connectivity index (χ3v) is 5.00. The number of piperazine rings is 1. The summed E-state index contributed by atoms with van der Waals surface area (Å²) in [5.74, 6) is -1.06. The quantitative estimate of drug-likeness (QED) is 0.646. The van der Waals surface area contributed by atoms with Crippen LogP contribution in [0.15, 0.2) is 18.3 Å². The second-order valence-electron chi connectivity index (χ2n) is 7.05. The monoisotopic (exact) mass is 395 g/mol. The van der Waals surface area contributed by atoms with Crippen LogP contribution < -0.4 is 16.0 Å². The standard InChI is InChI=1S/C18H25N5O3.ClH/c1-11-7-19-8-12(2)23(11)10-17(25)21-13-3-5-15(20-9-13)14-4-6-16(24)22-18(14)26;/h3,5,9,11-12,14,19H,4,6-8,10H2,1-2H3,(H,21,25)(H,22,24,26);1H/t11-,12+,14?;. The van der Waals surface area contributed by atoms with E-state index in [2.05, 4.69) is 39.7 Å². The van der Waals surface area contributed by atoms with Crippen LogP contribution in [-0.4, -0.2) is 59.3 Å². The molecule has 3 amide bonds. The van der Waals surface area contributed by atoms with Crippen molar-refractivity contribution >= 4 is 35.8 Å². The minimum atomic E-state index is -0.417. The molecule has 0 aliphatic carbocycles. The number of nitrogens with zero attached hydrogens (tertiary/aromatic N) is 2. The Hall–Kier alpha value is -2.03. The first kappa shape index (κ1) is 21.3. The lowest BCUT2D eigenvalue weighted by molar-refractivity contribution is -0.134. The van der Waals surface area contributed by atoms with Gasteiger partial charge >= 0.3 is 0 Å². The first-order valence-corrected chi connectivity index (χ1v) is 9.00. The van der Waals surface area contributed by atoms with Gasteiger partial charge in [-0.05, 0) is 32.4 Å². The molecule has 27 heavy (non-hydrogen) atoms. The number of amides is 3. The van der Waals surface area contributed by atoms with E-state index in [9.17, 15) is 14.4 Å². The van der Waals surface area contributed by atoms with Gasteiger partial charge in [-0.3, -0.25) is 29.6 Å². The van der Waals surface area contributed by atoms with Gasteiger partial charge < -0.3 is 10.6 Å². The Balaban J connectivity index is 0.00000261. The molecule has 1 aromatic heterocycles. The number of hydrogen-bond donors (Lipinski definition) is 3. The first-order chi connectivity index (χ1) is 12.4. The highest BCUT2D eigenvalue weighted by Crippen LogP contribution is 2.23. The summed E-state index contributed by atoms with van der Waals surface area (Å²) in [7, 11) is 0. The molecule has 0 aromatic carbocycles. The van der Waals surface area contributed by atoms with E-state index in [-0.39, 0.29) is 30.1 Å². The molecule has 2 aliphatic heterocycles. The molecular formula is C18H26ClN5O3. The lowest BCUT2D eigenvalue weighted by Gasteiger charge is -2.38. The molecule has 0 spiro atoms. The molecule has 0 radical (unpaired) electrons. The predicted octanol–water partition coefficient (Wildman–Crippen LogP) is 0.644. The molecule has 0 saturated carbocycles. The third-order valence-electron chi connectivity index (χ3n) is 5.00. The normalized spacial score (nSPS) is 26.1. The molecule has 2 fully saturated rings. The Kier molecular flexibility index (Phi) is 7.29. The molecule has 3 atom stereocenters. The number of nitrogens with one attached hydrogen (secondary N) is 3. The molecule has 1 unspecified atom stereocenters. The number of aromatic nitrogens is 1. The van der Waals surface area contributed by atoms with Crippen LogP contribution >= 0.6 is 12.4 Å². The Labute approximate surface area is 164 Å². The molecule has 0 bridgehead atoms. The van der Waals surface area contributed by atoms with E-state index >= 15 is 0 Å². The molecule has 148 valence electrons. The number of pyridine rings is 1. The number of halogens is 1. The number of piperidine rings is 1. The zero-order valence-corrected chi connectivity index (χ0v) is 16.3. The number of carbonyl (C=O) groups excluding carboxylic acids is 3. The topological polar surface area (TPSA) is 103 Å². The maximum Gasteiger partial charge on any atom is 0.238 e. The highest BCUT2D eigenvalue weighted by Gasteiger charge is 2.29. The van der Waals surface area contributed by atoms with Gasteiger partial charge in [0.1, 0.15) is 0 Å². The van der Waals surface area contributed by atoms with Crippen LogP contribution in [-0.2, 0) is 14.4 Å². The Bertz CT molecular complexity index is 687. The van der Waals surface area contributed by atoms with Gasteiger partial charge in [-0.2, -0.15) is 0 Å². The molecule has 2 saturated heterocycles. The summed E-state index contributed by atoms with van der Waals surface area (Å²) in [6.07, 6.45) is 2.33. The van der Waals surface area contributed by atoms with E-state index < -0.39 is 5.92 Å². The summed E-state index contributed by atoms with van der Waals surface area (Å²) >= 11 is 0. The fourth-order valence-electron chi connectivity index (χ4n) is 3.51. The van der Waals surface area contributed by atoms with E-state index in [1.807, 2.05) is 0 Å². The van der Waals surface area contributed by atoms with E-state index in [0.29, 0.717) is 42.9 Å². The number of carbonyl (C=O) groups is 3. The smallest absolute Gasteiger partial charge is 0.238 e. The van der Waals surface area contributed by atoms with Crippen molar-refractivity contribution in [2.45, 2.75) is 44.7 Å². The van der Waals surface area contributed by atoms with E-state index in [4.69, 9.17) is 0 Å². The molecule has 3 N–H and O–H groups in total. The summed E-state index contributed by atoms with van der Waals surface area (Å²) in [5.41, 5.74) is 1.21. The average molecular weight is 396 g/mol. The maximum atomic E-state index is 12.3.